The Morgan fingerprint density at radius 1 is 1.11 bits per heavy atom. The Balaban J connectivity index is 2.84. The summed E-state index contributed by atoms with van der Waals surface area (Å²) in [5.41, 5.74) is 0.477. The van der Waals surface area contributed by atoms with Gasteiger partial charge in [-0.15, -0.1) is 0 Å². The first kappa shape index (κ1) is 23.1. The molecule has 2 N–H and O–H groups in total. The van der Waals surface area contributed by atoms with Crippen LogP contribution in [0.2, 0.25) is 0 Å². The zero-order valence-electron chi connectivity index (χ0n) is 16.8. The number of nitrogens with one attached hydrogen (secondary N) is 2. The highest BCUT2D eigenvalue weighted by atomic mass is 32.2. The number of amides is 1. The van der Waals surface area contributed by atoms with Gasteiger partial charge < -0.3 is 10.1 Å². The molecular formula is C19H30N2O5S. The number of carbonyl (C=O) groups excluding carboxylic acids is 2. The van der Waals surface area contributed by atoms with Crippen LogP contribution in [-0.2, 0) is 24.3 Å². The molecule has 0 saturated heterocycles. The zero-order valence-corrected chi connectivity index (χ0v) is 17.6. The Morgan fingerprint density at radius 2 is 1.67 bits per heavy atom. The smallest absolute Gasteiger partial charge is 0.324 e. The average molecular weight is 399 g/mol. The van der Waals surface area contributed by atoms with Crippen LogP contribution in [0.1, 0.15) is 46.6 Å². The molecule has 0 radical (unpaired) electrons. The SMILES string of the molecule is Cc1ccc(S(=O)(=O)N[C@H](CC(C)C)C(=O)OCC(=O)NC(C)(C)C)cc1. The molecule has 0 aromatic heterocycles. The van der Waals surface area contributed by atoms with Crippen LogP contribution in [0, 0.1) is 12.8 Å². The second-order valence-corrected chi connectivity index (χ2v) is 9.74. The molecule has 0 bridgehead atoms. The largest absolute Gasteiger partial charge is 0.454 e. The maximum Gasteiger partial charge on any atom is 0.324 e. The van der Waals surface area contributed by atoms with E-state index in [0.717, 1.165) is 5.56 Å². The van der Waals surface area contributed by atoms with Crippen LogP contribution in [0.25, 0.3) is 0 Å². The van der Waals surface area contributed by atoms with E-state index < -0.39 is 40.1 Å². The van der Waals surface area contributed by atoms with Crippen LogP contribution < -0.4 is 10.0 Å². The Morgan fingerprint density at radius 3 is 2.15 bits per heavy atom. The molecule has 0 unspecified atom stereocenters. The van der Waals surface area contributed by atoms with E-state index in [1.54, 1.807) is 12.1 Å². The molecule has 1 amide bonds. The van der Waals surface area contributed by atoms with E-state index in [0.29, 0.717) is 0 Å². The third-order valence-electron chi connectivity index (χ3n) is 3.48. The topological polar surface area (TPSA) is 102 Å². The number of carbonyl (C=O) groups is 2. The van der Waals surface area contributed by atoms with Crippen molar-refractivity contribution in [2.45, 2.75) is 64.4 Å². The number of ether oxygens (including phenoxy) is 1. The maximum atomic E-state index is 12.6. The van der Waals surface area contributed by atoms with Crippen LogP contribution >= 0.6 is 0 Å². The number of sulfonamides is 1. The van der Waals surface area contributed by atoms with Gasteiger partial charge in [-0.25, -0.2) is 8.42 Å². The van der Waals surface area contributed by atoms with Crippen LogP contribution in [0.5, 0.6) is 0 Å². The molecule has 0 saturated carbocycles. The lowest BCUT2D eigenvalue weighted by atomic mass is 10.1. The quantitative estimate of drug-likeness (QED) is 0.653. The predicted octanol–water partition coefficient (Wildman–Crippen LogP) is 2.15. The van der Waals surface area contributed by atoms with E-state index in [2.05, 4.69) is 10.0 Å². The van der Waals surface area contributed by atoms with Gasteiger partial charge in [-0.2, -0.15) is 4.72 Å². The highest BCUT2D eigenvalue weighted by molar-refractivity contribution is 7.89. The van der Waals surface area contributed by atoms with Crippen molar-refractivity contribution < 1.29 is 22.7 Å². The summed E-state index contributed by atoms with van der Waals surface area (Å²) < 4.78 is 32.6. The molecule has 1 aromatic carbocycles. The summed E-state index contributed by atoms with van der Waals surface area (Å²) in [5, 5.41) is 2.68. The van der Waals surface area contributed by atoms with Crippen molar-refractivity contribution >= 4 is 21.9 Å². The Hall–Kier alpha value is -1.93. The normalized spacial score (nSPS) is 13.3. The van der Waals surface area contributed by atoms with Crippen molar-refractivity contribution in [3.8, 4) is 0 Å². The molecule has 0 spiro atoms. The molecule has 7 nitrogen and oxygen atoms in total. The average Bonchev–Trinajstić information content (AvgIpc) is 2.50. The fraction of sp³-hybridized carbons (Fsp3) is 0.579. The van der Waals surface area contributed by atoms with Crippen molar-refractivity contribution in [3.05, 3.63) is 29.8 Å². The van der Waals surface area contributed by atoms with Gasteiger partial charge in [0, 0.05) is 5.54 Å². The Labute approximate surface area is 161 Å². The molecule has 0 heterocycles. The summed E-state index contributed by atoms with van der Waals surface area (Å²) in [7, 11) is -3.89. The standard InChI is InChI=1S/C19H30N2O5S/c1-13(2)11-16(18(23)26-12-17(22)20-19(4,5)6)21-27(24,25)15-9-7-14(3)8-10-15/h7-10,13,16,21H,11-12H2,1-6H3,(H,20,22)/t16-/m1/s1. The van der Waals surface area contributed by atoms with Crippen LogP contribution in [0.4, 0.5) is 0 Å². The van der Waals surface area contributed by atoms with Crippen LogP contribution in [0.3, 0.4) is 0 Å². The minimum Gasteiger partial charge on any atom is -0.454 e. The predicted molar refractivity (Wildman–Crippen MR) is 104 cm³/mol. The van der Waals surface area contributed by atoms with Crippen LogP contribution in [0.15, 0.2) is 29.2 Å². The summed E-state index contributed by atoms with van der Waals surface area (Å²) in [6.45, 7) is 10.6. The molecule has 1 aromatic rings. The fourth-order valence-electron chi connectivity index (χ4n) is 2.33. The van der Waals surface area contributed by atoms with Crippen molar-refractivity contribution in [2.75, 3.05) is 6.61 Å². The maximum absolute atomic E-state index is 12.6. The van der Waals surface area contributed by atoms with Gasteiger partial charge in [0.2, 0.25) is 10.0 Å². The number of aryl methyl sites for hydroxylation is 1. The third kappa shape index (κ3) is 8.53. The van der Waals surface area contributed by atoms with E-state index in [1.807, 2.05) is 41.5 Å². The van der Waals surface area contributed by atoms with Crippen LogP contribution in [-0.4, -0.2) is 38.5 Å². The summed E-state index contributed by atoms with van der Waals surface area (Å²) in [6, 6.07) is 5.25. The van der Waals surface area contributed by atoms with Gasteiger partial charge in [-0.05, 0) is 52.2 Å². The number of esters is 1. The number of hydrogen-bond acceptors (Lipinski definition) is 5. The van der Waals surface area contributed by atoms with E-state index >= 15 is 0 Å². The first-order chi connectivity index (χ1) is 12.3. The van der Waals surface area contributed by atoms with Crippen molar-refractivity contribution in [1.82, 2.24) is 10.0 Å². The fourth-order valence-corrected chi connectivity index (χ4v) is 3.53. The molecular weight excluding hydrogens is 368 g/mol. The molecule has 1 rings (SSSR count). The van der Waals surface area contributed by atoms with Gasteiger partial charge in [0.05, 0.1) is 4.90 Å². The number of benzene rings is 1. The Kier molecular flexibility index (Phi) is 7.98. The molecule has 0 aliphatic rings. The minimum absolute atomic E-state index is 0.0478. The molecule has 8 heteroatoms. The lowest BCUT2D eigenvalue weighted by molar-refractivity contribution is -0.150. The summed E-state index contributed by atoms with van der Waals surface area (Å²) in [6.07, 6.45) is 0.255. The van der Waals surface area contributed by atoms with Gasteiger partial charge >= 0.3 is 5.97 Å². The van der Waals surface area contributed by atoms with Gasteiger partial charge in [-0.3, -0.25) is 9.59 Å². The molecule has 152 valence electrons. The van der Waals surface area contributed by atoms with Gasteiger partial charge in [0.15, 0.2) is 6.61 Å². The molecule has 1 atom stereocenters. The summed E-state index contributed by atoms with van der Waals surface area (Å²) in [4.78, 5) is 24.3. The monoisotopic (exact) mass is 398 g/mol. The Bertz CT molecular complexity index is 749. The summed E-state index contributed by atoms with van der Waals surface area (Å²) >= 11 is 0. The first-order valence-corrected chi connectivity index (χ1v) is 10.3. The minimum atomic E-state index is -3.89. The highest BCUT2D eigenvalue weighted by Gasteiger charge is 2.28. The molecule has 0 aliphatic heterocycles. The molecule has 0 aliphatic carbocycles. The first-order valence-electron chi connectivity index (χ1n) is 8.87. The van der Waals surface area contributed by atoms with Crippen molar-refractivity contribution in [2.24, 2.45) is 5.92 Å². The second-order valence-electron chi connectivity index (χ2n) is 8.02. The van der Waals surface area contributed by atoms with Gasteiger partial charge in [0.25, 0.3) is 5.91 Å². The highest BCUT2D eigenvalue weighted by Crippen LogP contribution is 2.14. The zero-order chi connectivity index (χ0) is 20.8. The molecule has 27 heavy (non-hydrogen) atoms. The summed E-state index contributed by atoms with van der Waals surface area (Å²) in [5.74, 6) is -1.17. The number of hydrogen-bond donors (Lipinski definition) is 2. The van der Waals surface area contributed by atoms with Gasteiger partial charge in [0.1, 0.15) is 6.04 Å². The van der Waals surface area contributed by atoms with Crippen molar-refractivity contribution in [3.63, 3.8) is 0 Å². The molecule has 0 fully saturated rings. The van der Waals surface area contributed by atoms with E-state index in [9.17, 15) is 18.0 Å². The van der Waals surface area contributed by atoms with E-state index in [4.69, 9.17) is 4.74 Å². The van der Waals surface area contributed by atoms with E-state index in [-0.39, 0.29) is 17.2 Å². The third-order valence-corrected chi connectivity index (χ3v) is 4.97. The van der Waals surface area contributed by atoms with Gasteiger partial charge in [-0.1, -0.05) is 31.5 Å². The van der Waals surface area contributed by atoms with E-state index in [1.165, 1.54) is 12.1 Å². The lowest BCUT2D eigenvalue weighted by Gasteiger charge is -2.22. The van der Waals surface area contributed by atoms with Crippen molar-refractivity contribution in [1.29, 1.82) is 0 Å². The lowest BCUT2D eigenvalue weighted by Crippen LogP contribution is -2.45. The second kappa shape index (κ2) is 9.32. The number of rotatable bonds is 8.